The van der Waals surface area contributed by atoms with E-state index in [0.717, 1.165) is 15.4 Å². The van der Waals surface area contributed by atoms with Crippen LogP contribution >= 0.6 is 15.9 Å². The third-order valence-electron chi connectivity index (χ3n) is 1.67. The molecule has 1 heterocycles. The third-order valence-corrected chi connectivity index (χ3v) is 2.17. The summed E-state index contributed by atoms with van der Waals surface area (Å²) in [6.45, 7) is 4.00. The Bertz CT molecular complexity index is 385. The van der Waals surface area contributed by atoms with E-state index in [1.54, 1.807) is 6.07 Å². The first-order valence-electron chi connectivity index (χ1n) is 4.57. The molecule has 0 spiro atoms. The van der Waals surface area contributed by atoms with Gasteiger partial charge in [0.2, 0.25) is 0 Å². The van der Waals surface area contributed by atoms with Gasteiger partial charge in [0.25, 0.3) is 0 Å². The summed E-state index contributed by atoms with van der Waals surface area (Å²) in [5.41, 5.74) is 6.47. The molecule has 2 aromatic rings. The number of hydrogen-bond donors (Lipinski definition) is 1. The molecular weight excluding hydrogens is 240 g/mol. The molecule has 74 valence electrons. The van der Waals surface area contributed by atoms with Crippen molar-refractivity contribution in [3.8, 4) is 0 Å². The fourth-order valence-corrected chi connectivity index (χ4v) is 1.49. The molecule has 0 amide bonds. The van der Waals surface area contributed by atoms with Crippen LogP contribution in [0.5, 0.6) is 0 Å². The van der Waals surface area contributed by atoms with Gasteiger partial charge >= 0.3 is 0 Å². The quantitative estimate of drug-likeness (QED) is 0.778. The van der Waals surface area contributed by atoms with Gasteiger partial charge in [0.1, 0.15) is 5.82 Å². The van der Waals surface area contributed by atoms with Crippen LogP contribution < -0.4 is 5.73 Å². The van der Waals surface area contributed by atoms with Gasteiger partial charge < -0.3 is 5.73 Å². The monoisotopic (exact) mass is 252 g/mol. The Morgan fingerprint density at radius 1 is 1.14 bits per heavy atom. The standard InChI is InChI=1S/C9H7BrN2.C2H6/c10-7-2-3-8-6(5-7)1-4-9(11)12-8;1-2/h1-5H,(H2,11,12);1-2H3. The summed E-state index contributed by atoms with van der Waals surface area (Å²) in [5, 5.41) is 1.10. The van der Waals surface area contributed by atoms with Crippen LogP contribution in [0.25, 0.3) is 10.9 Å². The van der Waals surface area contributed by atoms with Crippen LogP contribution in [0.3, 0.4) is 0 Å². The number of nitrogens with two attached hydrogens (primary N) is 1. The normalized spacial score (nSPS) is 9.36. The Hall–Kier alpha value is -1.09. The molecule has 2 N–H and O–H groups in total. The fourth-order valence-electron chi connectivity index (χ4n) is 1.11. The number of anilines is 1. The van der Waals surface area contributed by atoms with E-state index in [9.17, 15) is 0 Å². The van der Waals surface area contributed by atoms with Crippen LogP contribution in [-0.2, 0) is 0 Å². The highest BCUT2D eigenvalue weighted by Gasteiger charge is 1.95. The summed E-state index contributed by atoms with van der Waals surface area (Å²) in [6.07, 6.45) is 0. The van der Waals surface area contributed by atoms with Gasteiger partial charge in [0.05, 0.1) is 5.52 Å². The minimum Gasteiger partial charge on any atom is -0.384 e. The van der Waals surface area contributed by atoms with Gasteiger partial charge in [-0.3, -0.25) is 0 Å². The van der Waals surface area contributed by atoms with Crippen LogP contribution in [0.4, 0.5) is 5.82 Å². The molecule has 2 nitrogen and oxygen atoms in total. The molecule has 0 aliphatic heterocycles. The summed E-state index contributed by atoms with van der Waals surface area (Å²) in [7, 11) is 0. The van der Waals surface area contributed by atoms with Crippen molar-refractivity contribution in [3.05, 3.63) is 34.8 Å². The van der Waals surface area contributed by atoms with Crippen LogP contribution in [0.2, 0.25) is 0 Å². The van der Waals surface area contributed by atoms with Gasteiger partial charge in [-0.1, -0.05) is 29.8 Å². The molecule has 0 aliphatic rings. The molecule has 0 aliphatic carbocycles. The van der Waals surface area contributed by atoms with E-state index in [4.69, 9.17) is 5.73 Å². The van der Waals surface area contributed by atoms with Gasteiger partial charge in [0, 0.05) is 9.86 Å². The summed E-state index contributed by atoms with van der Waals surface area (Å²) in [4.78, 5) is 4.17. The number of aromatic nitrogens is 1. The highest BCUT2D eigenvalue weighted by atomic mass is 79.9. The fraction of sp³-hybridized carbons (Fsp3) is 0.182. The Kier molecular flexibility index (Phi) is 3.89. The van der Waals surface area contributed by atoms with Gasteiger partial charge in [-0.05, 0) is 30.3 Å². The SMILES string of the molecule is CC.Nc1ccc2cc(Br)ccc2n1. The van der Waals surface area contributed by atoms with Crippen molar-refractivity contribution in [2.75, 3.05) is 5.73 Å². The zero-order chi connectivity index (χ0) is 10.6. The van der Waals surface area contributed by atoms with Crippen molar-refractivity contribution in [2.45, 2.75) is 13.8 Å². The first-order valence-corrected chi connectivity index (χ1v) is 5.37. The highest BCUT2D eigenvalue weighted by molar-refractivity contribution is 9.10. The van der Waals surface area contributed by atoms with Crippen molar-refractivity contribution in [1.29, 1.82) is 0 Å². The average Bonchev–Trinajstić information content (AvgIpc) is 2.21. The molecule has 3 heteroatoms. The molecule has 1 aromatic carbocycles. The van der Waals surface area contributed by atoms with Crippen LogP contribution in [-0.4, -0.2) is 4.98 Å². The van der Waals surface area contributed by atoms with E-state index in [-0.39, 0.29) is 0 Å². The van der Waals surface area contributed by atoms with Crippen molar-refractivity contribution in [3.63, 3.8) is 0 Å². The predicted octanol–water partition coefficient (Wildman–Crippen LogP) is 3.61. The predicted molar refractivity (Wildman–Crippen MR) is 65.2 cm³/mol. The maximum atomic E-state index is 5.54. The minimum absolute atomic E-state index is 0.560. The molecule has 0 fully saturated rings. The van der Waals surface area contributed by atoms with E-state index in [1.165, 1.54) is 0 Å². The molecule has 0 bridgehead atoms. The molecule has 0 saturated carbocycles. The third kappa shape index (κ3) is 2.45. The number of hydrogen-bond acceptors (Lipinski definition) is 2. The number of nitrogens with zero attached hydrogens (tertiary/aromatic N) is 1. The van der Waals surface area contributed by atoms with Gasteiger partial charge in [-0.2, -0.15) is 0 Å². The zero-order valence-electron chi connectivity index (χ0n) is 8.29. The maximum Gasteiger partial charge on any atom is 0.124 e. The Morgan fingerprint density at radius 3 is 2.57 bits per heavy atom. The van der Waals surface area contributed by atoms with Crippen LogP contribution in [0.1, 0.15) is 13.8 Å². The highest BCUT2D eigenvalue weighted by Crippen LogP contribution is 2.18. The molecule has 0 unspecified atom stereocenters. The Morgan fingerprint density at radius 2 is 1.86 bits per heavy atom. The molecule has 0 saturated heterocycles. The Labute approximate surface area is 92.3 Å². The lowest BCUT2D eigenvalue weighted by atomic mass is 10.2. The van der Waals surface area contributed by atoms with E-state index in [2.05, 4.69) is 20.9 Å². The summed E-state index contributed by atoms with van der Waals surface area (Å²) in [5.74, 6) is 0.560. The number of rotatable bonds is 0. The van der Waals surface area contributed by atoms with Gasteiger partial charge in [0.15, 0.2) is 0 Å². The van der Waals surface area contributed by atoms with Crippen molar-refractivity contribution >= 4 is 32.7 Å². The van der Waals surface area contributed by atoms with E-state index in [0.29, 0.717) is 5.82 Å². The van der Waals surface area contributed by atoms with E-state index < -0.39 is 0 Å². The Balaban J connectivity index is 0.000000461. The van der Waals surface area contributed by atoms with Gasteiger partial charge in [-0.15, -0.1) is 0 Å². The molecule has 0 radical (unpaired) electrons. The summed E-state index contributed by atoms with van der Waals surface area (Å²) < 4.78 is 1.06. The number of fused-ring (bicyclic) bond motifs is 1. The average molecular weight is 253 g/mol. The lowest BCUT2D eigenvalue weighted by molar-refractivity contribution is 1.41. The van der Waals surface area contributed by atoms with Crippen LogP contribution in [0, 0.1) is 0 Å². The van der Waals surface area contributed by atoms with E-state index in [1.807, 2.05) is 38.1 Å². The number of nitrogen functional groups attached to an aromatic ring is 1. The largest absolute Gasteiger partial charge is 0.384 e. The number of halogens is 1. The second kappa shape index (κ2) is 4.96. The first kappa shape index (κ1) is 11.0. The zero-order valence-corrected chi connectivity index (χ0v) is 9.88. The second-order valence-corrected chi connectivity index (χ2v) is 3.49. The van der Waals surface area contributed by atoms with Crippen LogP contribution in [0.15, 0.2) is 34.8 Å². The van der Waals surface area contributed by atoms with Crippen molar-refractivity contribution < 1.29 is 0 Å². The van der Waals surface area contributed by atoms with E-state index >= 15 is 0 Å². The lowest BCUT2D eigenvalue weighted by Gasteiger charge is -1.98. The lowest BCUT2D eigenvalue weighted by Crippen LogP contribution is -1.88. The maximum absolute atomic E-state index is 5.54. The van der Waals surface area contributed by atoms with Crippen molar-refractivity contribution in [1.82, 2.24) is 4.98 Å². The first-order chi connectivity index (χ1) is 6.75. The molecule has 1 aromatic heterocycles. The topological polar surface area (TPSA) is 38.9 Å². The minimum atomic E-state index is 0.560. The second-order valence-electron chi connectivity index (χ2n) is 2.57. The smallest absolute Gasteiger partial charge is 0.124 e. The molecular formula is C11H13BrN2. The molecule has 0 atom stereocenters. The summed E-state index contributed by atoms with van der Waals surface area (Å²) >= 11 is 3.39. The number of benzene rings is 1. The molecule has 2 rings (SSSR count). The number of pyridine rings is 1. The van der Waals surface area contributed by atoms with Gasteiger partial charge in [-0.25, -0.2) is 4.98 Å². The molecule has 14 heavy (non-hydrogen) atoms. The summed E-state index contributed by atoms with van der Waals surface area (Å²) in [6, 6.07) is 9.67. The van der Waals surface area contributed by atoms with Crippen molar-refractivity contribution in [2.24, 2.45) is 0 Å².